The molecule has 0 aromatic carbocycles. The Kier molecular flexibility index (Phi) is 1.13. The van der Waals surface area contributed by atoms with Crippen molar-refractivity contribution in [2.24, 2.45) is 0 Å². The van der Waals surface area contributed by atoms with Gasteiger partial charge in [-0.2, -0.15) is 11.3 Å². The van der Waals surface area contributed by atoms with Gasteiger partial charge in [0.2, 0.25) is 0 Å². The summed E-state index contributed by atoms with van der Waals surface area (Å²) < 4.78 is 4.27. The third kappa shape index (κ3) is 0.806. The Bertz CT molecular complexity index is 292. The number of hydrogen-bond donors (Lipinski definition) is 0. The number of thiophene rings is 2. The quantitative estimate of drug-likeness (QED) is 0.498. The molecule has 2 aromatic rings. The molecule has 44 valence electrons. The lowest BCUT2D eigenvalue weighted by Crippen LogP contribution is -1.88. The Morgan fingerprint density at radius 3 is 3.00 bits per heavy atom. The van der Waals surface area contributed by atoms with Crippen LogP contribution in [0.5, 0.6) is 0 Å². The van der Waals surface area contributed by atoms with Gasteiger partial charge in [-0.05, 0) is 22.3 Å². The third-order valence-corrected chi connectivity index (χ3v) is 3.27. The summed E-state index contributed by atoms with van der Waals surface area (Å²) in [6, 6.07) is 4.42. The van der Waals surface area contributed by atoms with Crippen LogP contribution >= 0.6 is 22.7 Å². The van der Waals surface area contributed by atoms with Crippen molar-refractivity contribution in [3.8, 4) is 0 Å². The highest BCUT2D eigenvalue weighted by Crippen LogP contribution is 2.23. The molecule has 2 aromatic heterocycles. The van der Waals surface area contributed by atoms with E-state index in [1.807, 2.05) is 22.7 Å². The fraction of sp³-hybridized carbons (Fsp3) is 0. The van der Waals surface area contributed by atoms with E-state index in [0.717, 1.165) is 0 Å². The van der Waals surface area contributed by atoms with Crippen LogP contribution in [0.4, 0.5) is 0 Å². The Morgan fingerprint density at radius 1 is 1.33 bits per heavy atom. The van der Waals surface area contributed by atoms with E-state index < -0.39 is 0 Å². The van der Waals surface area contributed by atoms with Crippen LogP contribution in [0.2, 0.25) is 0 Å². The number of rotatable bonds is 0. The third-order valence-electron chi connectivity index (χ3n) is 1.26. The monoisotopic (exact) mass is 152 g/mol. The van der Waals surface area contributed by atoms with Crippen LogP contribution in [0.15, 0.2) is 17.5 Å². The Balaban J connectivity index is 2.92. The molecule has 0 aliphatic heterocycles. The van der Waals surface area contributed by atoms with Crippen LogP contribution in [-0.4, -0.2) is 7.85 Å². The van der Waals surface area contributed by atoms with Crippen LogP contribution < -0.4 is 4.78 Å². The van der Waals surface area contributed by atoms with Gasteiger partial charge in [0.15, 0.2) is 7.85 Å². The second-order valence-corrected chi connectivity index (χ2v) is 4.24. The van der Waals surface area contributed by atoms with Crippen molar-refractivity contribution in [3.63, 3.8) is 0 Å². The van der Waals surface area contributed by atoms with Crippen molar-refractivity contribution < 1.29 is 0 Å². The minimum Gasteiger partial charge on any atom is -0.150 e. The van der Waals surface area contributed by atoms with Crippen molar-refractivity contribution in [1.82, 2.24) is 0 Å². The van der Waals surface area contributed by atoms with Gasteiger partial charge in [0, 0.05) is 9.40 Å². The van der Waals surface area contributed by atoms with E-state index in [9.17, 15) is 0 Å². The Hall–Kier alpha value is -0.275. The fourth-order valence-electron chi connectivity index (χ4n) is 0.886. The zero-order chi connectivity index (χ0) is 6.27. The molecule has 0 aliphatic rings. The maximum absolute atomic E-state index is 2.24. The van der Waals surface area contributed by atoms with Gasteiger partial charge in [-0.1, -0.05) is 0 Å². The molecular weight excluding hydrogens is 147 g/mol. The normalized spacial score (nSPS) is 10.7. The lowest BCUT2D eigenvalue weighted by molar-refractivity contribution is 2.25. The zero-order valence-corrected chi connectivity index (χ0v) is 6.68. The van der Waals surface area contributed by atoms with Crippen LogP contribution in [0.25, 0.3) is 9.40 Å². The Morgan fingerprint density at radius 2 is 2.22 bits per heavy atom. The highest BCUT2D eigenvalue weighted by Gasteiger charge is 1.96. The molecule has 0 atom stereocenters. The van der Waals surface area contributed by atoms with Gasteiger partial charge < -0.3 is 0 Å². The molecule has 0 saturated heterocycles. The summed E-state index contributed by atoms with van der Waals surface area (Å²) in [6.07, 6.45) is 0. The minimum absolute atomic E-state index is 1.41. The topological polar surface area (TPSA) is 0 Å². The standard InChI is InChI=1S/C6H5BS2/c7-6-3-5-4(9-6)1-2-8-5/h1-3H,7H2. The predicted molar refractivity (Wildman–Crippen MR) is 47.9 cm³/mol. The van der Waals surface area contributed by atoms with E-state index in [1.165, 1.54) is 14.2 Å². The number of hydrogen-bond acceptors (Lipinski definition) is 2. The summed E-state index contributed by atoms with van der Waals surface area (Å²) >= 11 is 3.69. The predicted octanol–water partition coefficient (Wildman–Crippen LogP) is 1.22. The molecule has 0 saturated carbocycles. The lowest BCUT2D eigenvalue weighted by atomic mass is 10.1. The second-order valence-electron chi connectivity index (χ2n) is 2.01. The van der Waals surface area contributed by atoms with Crippen molar-refractivity contribution in [1.29, 1.82) is 0 Å². The van der Waals surface area contributed by atoms with E-state index in [1.54, 1.807) is 0 Å². The molecule has 2 heterocycles. The molecule has 3 heteroatoms. The van der Waals surface area contributed by atoms with E-state index in [-0.39, 0.29) is 0 Å². The average molecular weight is 152 g/mol. The molecule has 0 spiro atoms. The SMILES string of the molecule is Bc1cc2sccc2s1. The van der Waals surface area contributed by atoms with Gasteiger partial charge >= 0.3 is 0 Å². The van der Waals surface area contributed by atoms with Gasteiger partial charge in [-0.15, -0.1) is 11.3 Å². The largest absolute Gasteiger partial charge is 0.152 e. The molecular formula is C6H5BS2. The smallest absolute Gasteiger partial charge is 0.150 e. The van der Waals surface area contributed by atoms with Gasteiger partial charge in [0.05, 0.1) is 0 Å². The van der Waals surface area contributed by atoms with Crippen molar-refractivity contribution in [2.45, 2.75) is 0 Å². The number of fused-ring (bicyclic) bond motifs is 1. The Labute approximate surface area is 62.5 Å². The van der Waals surface area contributed by atoms with E-state index >= 15 is 0 Å². The van der Waals surface area contributed by atoms with Crippen LogP contribution in [0, 0.1) is 0 Å². The molecule has 0 nitrogen and oxygen atoms in total. The van der Waals surface area contributed by atoms with Crippen molar-refractivity contribution in [3.05, 3.63) is 17.5 Å². The molecule has 0 amide bonds. The van der Waals surface area contributed by atoms with Crippen LogP contribution in [0.3, 0.4) is 0 Å². The first kappa shape index (κ1) is 5.51. The first-order valence-corrected chi connectivity index (χ1v) is 4.49. The zero-order valence-electron chi connectivity index (χ0n) is 5.05. The van der Waals surface area contributed by atoms with Gasteiger partial charge in [0.1, 0.15) is 0 Å². The molecule has 0 aliphatic carbocycles. The average Bonchev–Trinajstić information content (AvgIpc) is 2.22. The van der Waals surface area contributed by atoms with Gasteiger partial charge in [-0.3, -0.25) is 0 Å². The molecule has 9 heavy (non-hydrogen) atoms. The minimum atomic E-state index is 1.41. The van der Waals surface area contributed by atoms with Crippen molar-refractivity contribution >= 4 is 44.7 Å². The second kappa shape index (κ2) is 1.85. The van der Waals surface area contributed by atoms with Crippen molar-refractivity contribution in [2.75, 3.05) is 0 Å². The highest BCUT2D eigenvalue weighted by molar-refractivity contribution is 7.31. The molecule has 0 fully saturated rings. The summed E-state index contributed by atoms with van der Waals surface area (Å²) in [4.78, 5) is 0. The molecule has 2 rings (SSSR count). The van der Waals surface area contributed by atoms with Crippen LogP contribution in [-0.2, 0) is 0 Å². The van der Waals surface area contributed by atoms with E-state index in [2.05, 4.69) is 25.4 Å². The lowest BCUT2D eigenvalue weighted by Gasteiger charge is -1.69. The molecule has 0 N–H and O–H groups in total. The first-order valence-electron chi connectivity index (χ1n) is 2.80. The van der Waals surface area contributed by atoms with E-state index in [4.69, 9.17) is 0 Å². The summed E-state index contributed by atoms with van der Waals surface area (Å²) in [5.74, 6) is 0. The maximum atomic E-state index is 2.24. The fourth-order valence-corrected chi connectivity index (χ4v) is 2.92. The summed E-state index contributed by atoms with van der Waals surface area (Å²) in [5.41, 5.74) is 0. The van der Waals surface area contributed by atoms with E-state index in [0.29, 0.717) is 0 Å². The highest BCUT2D eigenvalue weighted by atomic mass is 32.1. The summed E-state index contributed by atoms with van der Waals surface area (Å²) in [6.45, 7) is 0. The summed E-state index contributed by atoms with van der Waals surface area (Å²) in [7, 11) is 2.15. The first-order chi connectivity index (χ1) is 4.36. The van der Waals surface area contributed by atoms with Gasteiger partial charge in [0.25, 0.3) is 0 Å². The van der Waals surface area contributed by atoms with Crippen LogP contribution in [0.1, 0.15) is 0 Å². The molecule has 0 bridgehead atoms. The molecule has 0 unspecified atom stereocenters. The molecule has 0 radical (unpaired) electrons. The van der Waals surface area contributed by atoms with Gasteiger partial charge in [-0.25, -0.2) is 0 Å². The summed E-state index contributed by atoms with van der Waals surface area (Å²) in [5, 5.41) is 2.14. The maximum Gasteiger partial charge on any atom is 0.152 e.